The highest BCUT2D eigenvalue weighted by Crippen LogP contribution is 2.27. The van der Waals surface area contributed by atoms with Crippen LogP contribution in [0.15, 0.2) is 0 Å². The molecule has 12 nitrogen and oxygen atoms in total. The fourth-order valence-corrected chi connectivity index (χ4v) is 9.89. The molecular weight excluding hydrogens is 568 g/mol. The molecule has 0 aliphatic heterocycles. The Bertz CT molecular complexity index is 636. The Balaban J connectivity index is 4.67. The number of amides is 2. The first-order valence-corrected chi connectivity index (χ1v) is 18.9. The molecule has 0 heterocycles. The molecule has 0 saturated carbocycles. The number of alkyl carbamates (subject to hydrolysis) is 2. The second-order valence-corrected chi connectivity index (χ2v) is 16.0. The van der Waals surface area contributed by atoms with Gasteiger partial charge in [0.25, 0.3) is 0 Å². The number of carbonyl (C=O) groups excluding carboxylic acids is 2. The Hall–Kier alpha value is -1.27. The molecule has 0 fully saturated rings. The maximum Gasteiger partial charge on any atom is 0.500 e. The van der Waals surface area contributed by atoms with Crippen LogP contribution in [0.2, 0.25) is 12.1 Å². The topological polar surface area (TPSA) is 132 Å². The zero-order valence-corrected chi connectivity index (χ0v) is 29.3. The first-order chi connectivity index (χ1) is 19.3. The molecule has 244 valence electrons. The van der Waals surface area contributed by atoms with Crippen LogP contribution in [-0.2, 0) is 36.0 Å². The lowest BCUT2D eigenvalue weighted by molar-refractivity contribution is -0.0418. The fourth-order valence-electron chi connectivity index (χ4n) is 4.66. The van der Waals surface area contributed by atoms with E-state index in [-0.39, 0.29) is 0 Å². The monoisotopic (exact) mass is 626 g/mol. The van der Waals surface area contributed by atoms with E-state index in [0.717, 1.165) is 0 Å². The normalized spacial score (nSPS) is 12.7. The Morgan fingerprint density at radius 3 is 1.05 bits per heavy atom. The summed E-state index contributed by atoms with van der Waals surface area (Å²) in [4.78, 5) is 25.0. The molecule has 0 atom stereocenters. The summed E-state index contributed by atoms with van der Waals surface area (Å²) in [5, 5.41) is 5.57. The van der Waals surface area contributed by atoms with Gasteiger partial charge in [-0.05, 0) is 82.1 Å². The number of nitrogens with one attached hydrogen (secondary N) is 2. The minimum Gasteiger partial charge on any atom is -0.443 e. The molecule has 41 heavy (non-hydrogen) atoms. The van der Waals surface area contributed by atoms with Crippen LogP contribution < -0.4 is 10.6 Å². The summed E-state index contributed by atoms with van der Waals surface area (Å²) in [7, 11) is -5.52. The molecule has 2 amide bonds. The number of ether oxygens (including phenoxy) is 2. The number of rotatable bonds is 24. The van der Waals surface area contributed by atoms with Crippen LogP contribution in [0.5, 0.6) is 0 Å². The summed E-state index contributed by atoms with van der Waals surface area (Å²) in [6, 6.07) is 1.18. The minimum atomic E-state index is -2.76. The molecule has 0 aromatic carbocycles. The smallest absolute Gasteiger partial charge is 0.443 e. The average Bonchev–Trinajstić information content (AvgIpc) is 2.84. The van der Waals surface area contributed by atoms with E-state index < -0.39 is 41.0 Å². The van der Waals surface area contributed by atoms with Gasteiger partial charge in [-0.3, -0.25) is 0 Å². The van der Waals surface area contributed by atoms with Crippen molar-refractivity contribution in [3.05, 3.63) is 0 Å². The number of carbonyl (C=O) groups is 2. The summed E-state index contributed by atoms with van der Waals surface area (Å²) < 4.78 is 46.4. The zero-order valence-electron chi connectivity index (χ0n) is 27.3. The van der Waals surface area contributed by atoms with Gasteiger partial charge in [0.2, 0.25) is 0 Å². The molecule has 0 aliphatic carbocycles. The largest absolute Gasteiger partial charge is 0.500 e. The van der Waals surface area contributed by atoms with Crippen LogP contribution in [-0.4, -0.2) is 93.7 Å². The van der Waals surface area contributed by atoms with E-state index in [1.54, 1.807) is 27.7 Å². The van der Waals surface area contributed by atoms with Crippen LogP contribution in [0, 0.1) is 0 Å². The predicted molar refractivity (Wildman–Crippen MR) is 162 cm³/mol. The third-order valence-corrected chi connectivity index (χ3v) is 11.9. The van der Waals surface area contributed by atoms with Crippen molar-refractivity contribution >= 4 is 29.8 Å². The molecule has 0 aromatic rings. The summed E-state index contributed by atoms with van der Waals surface area (Å²) in [5.74, 6) is 0. The number of hydrogen-bond acceptors (Lipinski definition) is 10. The van der Waals surface area contributed by atoms with Crippen molar-refractivity contribution in [2.75, 3.05) is 52.7 Å². The second-order valence-electron chi connectivity index (χ2n) is 10.5. The maximum atomic E-state index is 12.5. The van der Waals surface area contributed by atoms with E-state index in [2.05, 4.69) is 10.6 Å². The van der Waals surface area contributed by atoms with Crippen molar-refractivity contribution in [3.63, 3.8) is 0 Å². The van der Waals surface area contributed by atoms with Crippen LogP contribution in [0.3, 0.4) is 0 Å². The average molecular weight is 627 g/mol. The Labute approximate surface area is 250 Å². The van der Waals surface area contributed by atoms with Crippen LogP contribution in [0.25, 0.3) is 0 Å². The van der Waals surface area contributed by atoms with Crippen LogP contribution in [0.4, 0.5) is 9.59 Å². The molecule has 0 saturated heterocycles. The van der Waals surface area contributed by atoms with Crippen molar-refractivity contribution < 1.29 is 45.6 Å². The van der Waals surface area contributed by atoms with Gasteiger partial charge in [-0.15, -0.1) is 0 Å². The van der Waals surface area contributed by atoms with E-state index >= 15 is 0 Å². The molecule has 0 bridgehead atoms. The SMILES string of the molecule is CCO[Si](CCCNC(=O)OC(C)(C)CC(C)(C)OC(=O)NCCC[Si](OCC)(OCC)OCC)(OCC)OCC. The molecule has 0 unspecified atom stereocenters. The lowest BCUT2D eigenvalue weighted by Crippen LogP contribution is -2.47. The summed E-state index contributed by atoms with van der Waals surface area (Å²) in [6.07, 6.45) is 0.458. The first-order valence-electron chi connectivity index (χ1n) is 15.0. The fraction of sp³-hybridized carbons (Fsp3) is 0.926. The van der Waals surface area contributed by atoms with E-state index in [4.69, 9.17) is 36.0 Å². The molecule has 0 aliphatic rings. The minimum absolute atomic E-state index is 0.297. The van der Waals surface area contributed by atoms with Crippen molar-refractivity contribution in [1.82, 2.24) is 10.6 Å². The molecular formula is C27H58N2O10Si2. The Morgan fingerprint density at radius 2 is 0.805 bits per heavy atom. The molecule has 0 spiro atoms. The third-order valence-electron chi connectivity index (χ3n) is 5.63. The molecule has 2 N–H and O–H groups in total. The van der Waals surface area contributed by atoms with Gasteiger partial charge >= 0.3 is 29.8 Å². The van der Waals surface area contributed by atoms with Gasteiger partial charge in [0, 0.05) is 71.2 Å². The van der Waals surface area contributed by atoms with Gasteiger partial charge in [-0.25, -0.2) is 9.59 Å². The highest BCUT2D eigenvalue weighted by Gasteiger charge is 2.41. The maximum absolute atomic E-state index is 12.5. The van der Waals surface area contributed by atoms with E-state index in [1.165, 1.54) is 0 Å². The summed E-state index contributed by atoms with van der Waals surface area (Å²) in [5.41, 5.74) is -1.77. The zero-order chi connectivity index (χ0) is 31.4. The van der Waals surface area contributed by atoms with Gasteiger partial charge in [-0.2, -0.15) is 0 Å². The molecule has 0 rings (SSSR count). The second kappa shape index (κ2) is 20.6. The van der Waals surface area contributed by atoms with Gasteiger partial charge in [-0.1, -0.05) is 0 Å². The quantitative estimate of drug-likeness (QED) is 0.108. The highest BCUT2D eigenvalue weighted by atomic mass is 28.4. The Morgan fingerprint density at radius 1 is 0.537 bits per heavy atom. The standard InChI is InChI=1S/C27H58N2O10Si2/c1-11-32-40(33-12-2,34-13-3)21-17-19-28-24(30)38-26(7,8)23-27(9,10)39-25(31)29-20-18-22-41(35-14-4,36-15-5)37-16-6/h11-23H2,1-10H3,(H,28,30)(H,29,31). The molecule has 0 aromatic heterocycles. The van der Waals surface area contributed by atoms with Gasteiger partial charge < -0.3 is 46.7 Å². The van der Waals surface area contributed by atoms with Crippen molar-refractivity contribution in [3.8, 4) is 0 Å². The lowest BCUT2D eigenvalue weighted by Gasteiger charge is -2.34. The highest BCUT2D eigenvalue weighted by molar-refractivity contribution is 6.61. The molecule has 0 radical (unpaired) electrons. The van der Waals surface area contributed by atoms with Gasteiger partial charge in [0.15, 0.2) is 0 Å². The first kappa shape index (κ1) is 39.7. The Kier molecular flexibility index (Phi) is 20.0. The van der Waals surface area contributed by atoms with Gasteiger partial charge in [0.05, 0.1) is 0 Å². The van der Waals surface area contributed by atoms with Crippen molar-refractivity contribution in [1.29, 1.82) is 0 Å². The van der Waals surface area contributed by atoms with E-state index in [0.29, 0.717) is 84.1 Å². The third kappa shape index (κ3) is 17.4. The van der Waals surface area contributed by atoms with Crippen LogP contribution in [0.1, 0.15) is 88.5 Å². The summed E-state index contributed by atoms with van der Waals surface area (Å²) >= 11 is 0. The predicted octanol–water partition coefficient (Wildman–Crippen LogP) is 5.26. The van der Waals surface area contributed by atoms with E-state index in [1.807, 2.05) is 41.5 Å². The number of hydrogen-bond donors (Lipinski definition) is 2. The van der Waals surface area contributed by atoms with Crippen molar-refractivity contribution in [2.24, 2.45) is 0 Å². The molecule has 14 heteroatoms. The summed E-state index contributed by atoms with van der Waals surface area (Å²) in [6.45, 7) is 22.4. The van der Waals surface area contributed by atoms with Gasteiger partial charge in [0.1, 0.15) is 11.2 Å². The lowest BCUT2D eigenvalue weighted by atomic mass is 9.92. The van der Waals surface area contributed by atoms with Crippen LogP contribution >= 0.6 is 0 Å². The van der Waals surface area contributed by atoms with Crippen molar-refractivity contribution in [2.45, 2.75) is 112 Å². The van der Waals surface area contributed by atoms with E-state index in [9.17, 15) is 9.59 Å².